The molecule has 6 nitrogen and oxygen atoms in total. The molecule has 18 heavy (non-hydrogen) atoms. The summed E-state index contributed by atoms with van der Waals surface area (Å²) in [5.74, 6) is 0.349. The van der Waals surface area contributed by atoms with Gasteiger partial charge in [0.25, 0.3) is 0 Å². The Morgan fingerprint density at radius 3 is 3.06 bits per heavy atom. The summed E-state index contributed by atoms with van der Waals surface area (Å²) in [4.78, 5) is 16.6. The molecule has 1 fully saturated rings. The van der Waals surface area contributed by atoms with Gasteiger partial charge in [-0.3, -0.25) is 10.1 Å². The lowest BCUT2D eigenvalue weighted by atomic mass is 10.0. The standard InChI is InChI=1S/C11H14BrN3O3/c12-8-5-10(15(17)18)11(13-6-8)14-4-2-1-3-9(14)7-16/h5-6,9,16H,1-4,7H2. The van der Waals surface area contributed by atoms with Crippen LogP contribution in [0.5, 0.6) is 0 Å². The Morgan fingerprint density at radius 2 is 2.39 bits per heavy atom. The smallest absolute Gasteiger partial charge is 0.312 e. The largest absolute Gasteiger partial charge is 0.394 e. The van der Waals surface area contributed by atoms with Gasteiger partial charge in [-0.1, -0.05) is 0 Å². The average Bonchev–Trinajstić information content (AvgIpc) is 2.38. The highest BCUT2D eigenvalue weighted by atomic mass is 79.9. The Labute approximate surface area is 113 Å². The molecule has 0 radical (unpaired) electrons. The van der Waals surface area contributed by atoms with Crippen molar-refractivity contribution >= 4 is 27.4 Å². The molecular formula is C11H14BrN3O3. The predicted molar refractivity (Wildman–Crippen MR) is 70.7 cm³/mol. The third-order valence-corrected chi connectivity index (χ3v) is 3.55. The molecule has 1 aliphatic rings. The second kappa shape index (κ2) is 5.62. The molecule has 98 valence electrons. The van der Waals surface area contributed by atoms with E-state index in [9.17, 15) is 15.2 Å². The Morgan fingerprint density at radius 1 is 1.61 bits per heavy atom. The molecule has 0 saturated carbocycles. The van der Waals surface area contributed by atoms with E-state index in [4.69, 9.17) is 0 Å². The van der Waals surface area contributed by atoms with Gasteiger partial charge < -0.3 is 10.0 Å². The Kier molecular flexibility index (Phi) is 4.13. The number of anilines is 1. The summed E-state index contributed by atoms with van der Waals surface area (Å²) in [5, 5.41) is 20.4. The summed E-state index contributed by atoms with van der Waals surface area (Å²) in [6, 6.07) is 1.37. The van der Waals surface area contributed by atoms with Crippen molar-refractivity contribution in [1.29, 1.82) is 0 Å². The quantitative estimate of drug-likeness (QED) is 0.682. The molecular weight excluding hydrogens is 302 g/mol. The van der Waals surface area contributed by atoms with Crippen molar-refractivity contribution in [1.82, 2.24) is 4.98 Å². The monoisotopic (exact) mass is 315 g/mol. The fourth-order valence-electron chi connectivity index (χ4n) is 2.25. The van der Waals surface area contributed by atoms with Gasteiger partial charge in [-0.15, -0.1) is 0 Å². The van der Waals surface area contributed by atoms with Crippen molar-refractivity contribution in [2.24, 2.45) is 0 Å². The predicted octanol–water partition coefficient (Wildman–Crippen LogP) is 2.10. The molecule has 1 saturated heterocycles. The van der Waals surface area contributed by atoms with E-state index in [1.54, 1.807) is 6.20 Å². The van der Waals surface area contributed by atoms with Crippen LogP contribution in [0.4, 0.5) is 11.5 Å². The van der Waals surface area contributed by atoms with Crippen LogP contribution in [0.1, 0.15) is 19.3 Å². The van der Waals surface area contributed by atoms with Crippen molar-refractivity contribution < 1.29 is 10.0 Å². The van der Waals surface area contributed by atoms with Crippen molar-refractivity contribution in [2.75, 3.05) is 18.1 Å². The average molecular weight is 316 g/mol. The first-order valence-electron chi connectivity index (χ1n) is 5.81. The minimum atomic E-state index is -0.434. The highest BCUT2D eigenvalue weighted by Gasteiger charge is 2.29. The lowest BCUT2D eigenvalue weighted by Gasteiger charge is -2.35. The first-order chi connectivity index (χ1) is 8.63. The number of pyridine rings is 1. The SMILES string of the molecule is O=[N+]([O-])c1cc(Br)cnc1N1CCCCC1CO. The van der Waals surface area contributed by atoms with Gasteiger partial charge in [0, 0.05) is 23.3 Å². The van der Waals surface area contributed by atoms with Crippen LogP contribution in [0.3, 0.4) is 0 Å². The number of aliphatic hydroxyl groups excluding tert-OH is 1. The number of hydrogen-bond donors (Lipinski definition) is 1. The molecule has 1 unspecified atom stereocenters. The summed E-state index contributed by atoms with van der Waals surface area (Å²) < 4.78 is 0.579. The van der Waals surface area contributed by atoms with Crippen LogP contribution in [-0.4, -0.2) is 34.2 Å². The van der Waals surface area contributed by atoms with Crippen LogP contribution in [0.15, 0.2) is 16.7 Å². The lowest BCUT2D eigenvalue weighted by molar-refractivity contribution is -0.384. The maximum atomic E-state index is 11.1. The maximum Gasteiger partial charge on any atom is 0.312 e. The Hall–Kier alpha value is -1.21. The third-order valence-electron chi connectivity index (χ3n) is 3.12. The highest BCUT2D eigenvalue weighted by molar-refractivity contribution is 9.10. The minimum Gasteiger partial charge on any atom is -0.394 e. The maximum absolute atomic E-state index is 11.1. The second-order valence-corrected chi connectivity index (χ2v) is 5.19. The van der Waals surface area contributed by atoms with E-state index >= 15 is 0 Å². The minimum absolute atomic E-state index is 0.00506. The number of piperidine rings is 1. The van der Waals surface area contributed by atoms with Crippen LogP contribution in [-0.2, 0) is 0 Å². The fraction of sp³-hybridized carbons (Fsp3) is 0.545. The first kappa shape index (κ1) is 13.2. The summed E-state index contributed by atoms with van der Waals surface area (Å²) in [6.45, 7) is 0.690. The Balaban J connectivity index is 2.39. The van der Waals surface area contributed by atoms with E-state index in [0.717, 1.165) is 19.3 Å². The fourth-order valence-corrected chi connectivity index (χ4v) is 2.57. The van der Waals surface area contributed by atoms with E-state index in [1.807, 2.05) is 4.90 Å². The molecule has 1 aromatic heterocycles. The number of nitro groups is 1. The Bertz CT molecular complexity index is 455. The molecule has 1 atom stereocenters. The normalized spacial score (nSPS) is 19.9. The van der Waals surface area contributed by atoms with Gasteiger partial charge >= 0.3 is 5.69 Å². The molecule has 0 aliphatic carbocycles. The zero-order valence-corrected chi connectivity index (χ0v) is 11.3. The van der Waals surface area contributed by atoms with E-state index in [0.29, 0.717) is 16.8 Å². The molecule has 0 aromatic carbocycles. The van der Waals surface area contributed by atoms with Crippen LogP contribution in [0.2, 0.25) is 0 Å². The zero-order chi connectivity index (χ0) is 13.1. The zero-order valence-electron chi connectivity index (χ0n) is 9.75. The molecule has 0 amide bonds. The highest BCUT2D eigenvalue weighted by Crippen LogP contribution is 2.32. The van der Waals surface area contributed by atoms with Gasteiger partial charge in [-0.2, -0.15) is 0 Å². The van der Waals surface area contributed by atoms with E-state index < -0.39 is 4.92 Å². The van der Waals surface area contributed by atoms with E-state index in [1.165, 1.54) is 6.07 Å². The van der Waals surface area contributed by atoms with Crippen LogP contribution < -0.4 is 4.90 Å². The topological polar surface area (TPSA) is 79.5 Å². The number of aromatic nitrogens is 1. The molecule has 2 heterocycles. The van der Waals surface area contributed by atoms with E-state index in [2.05, 4.69) is 20.9 Å². The molecule has 1 aliphatic heterocycles. The number of halogens is 1. The number of nitrogens with zero attached hydrogens (tertiary/aromatic N) is 3. The summed E-state index contributed by atoms with van der Waals surface area (Å²) in [7, 11) is 0. The van der Waals surface area contributed by atoms with Gasteiger partial charge in [-0.05, 0) is 35.2 Å². The summed E-state index contributed by atoms with van der Waals surface area (Å²) in [5.41, 5.74) is -0.0234. The number of aliphatic hydroxyl groups is 1. The third kappa shape index (κ3) is 2.62. The molecule has 2 rings (SSSR count). The summed E-state index contributed by atoms with van der Waals surface area (Å²) >= 11 is 3.19. The molecule has 7 heteroatoms. The van der Waals surface area contributed by atoms with Crippen LogP contribution >= 0.6 is 15.9 Å². The van der Waals surface area contributed by atoms with Gasteiger partial charge in [-0.25, -0.2) is 4.98 Å². The number of rotatable bonds is 3. The van der Waals surface area contributed by atoms with Crippen LogP contribution in [0, 0.1) is 10.1 Å². The van der Waals surface area contributed by atoms with Gasteiger partial charge in [0.05, 0.1) is 17.6 Å². The molecule has 0 spiro atoms. The van der Waals surface area contributed by atoms with Crippen molar-refractivity contribution in [3.63, 3.8) is 0 Å². The van der Waals surface area contributed by atoms with E-state index in [-0.39, 0.29) is 18.3 Å². The lowest BCUT2D eigenvalue weighted by Crippen LogP contribution is -2.42. The second-order valence-electron chi connectivity index (χ2n) is 4.28. The first-order valence-corrected chi connectivity index (χ1v) is 6.60. The van der Waals surface area contributed by atoms with Crippen molar-refractivity contribution in [3.05, 3.63) is 26.9 Å². The molecule has 1 N–H and O–H groups in total. The van der Waals surface area contributed by atoms with Crippen molar-refractivity contribution in [3.8, 4) is 0 Å². The number of hydrogen-bond acceptors (Lipinski definition) is 5. The van der Waals surface area contributed by atoms with Gasteiger partial charge in [0.2, 0.25) is 5.82 Å². The van der Waals surface area contributed by atoms with Crippen LogP contribution in [0.25, 0.3) is 0 Å². The molecule has 0 bridgehead atoms. The summed E-state index contributed by atoms with van der Waals surface area (Å²) in [6.07, 6.45) is 4.38. The van der Waals surface area contributed by atoms with Crippen molar-refractivity contribution in [2.45, 2.75) is 25.3 Å². The molecule has 1 aromatic rings. The van der Waals surface area contributed by atoms with Gasteiger partial charge in [0.1, 0.15) is 0 Å². The van der Waals surface area contributed by atoms with Gasteiger partial charge in [0.15, 0.2) is 0 Å².